The fraction of sp³-hybridized carbons (Fsp3) is 0.444. The summed E-state index contributed by atoms with van der Waals surface area (Å²) in [5.41, 5.74) is 0. The van der Waals surface area contributed by atoms with Crippen molar-refractivity contribution < 1.29 is 9.47 Å². The predicted molar refractivity (Wildman–Crippen MR) is 101 cm³/mol. The molecule has 2 unspecified atom stereocenters. The third-order valence-corrected chi connectivity index (χ3v) is 4.34. The summed E-state index contributed by atoms with van der Waals surface area (Å²) in [4.78, 5) is 0.476. The van der Waals surface area contributed by atoms with Crippen molar-refractivity contribution in [2.45, 2.75) is 37.6 Å². The minimum absolute atomic E-state index is 0.205. The smallest absolute Gasteiger partial charge is 0.120 e. The highest BCUT2D eigenvalue weighted by Crippen LogP contribution is 2.26. The van der Waals surface area contributed by atoms with Crippen LogP contribution in [0.1, 0.15) is 26.7 Å². The van der Waals surface area contributed by atoms with Crippen molar-refractivity contribution in [2.24, 2.45) is 0 Å². The van der Waals surface area contributed by atoms with E-state index in [2.05, 4.69) is 70.0 Å². The van der Waals surface area contributed by atoms with Crippen molar-refractivity contribution in [3.63, 3.8) is 0 Å². The van der Waals surface area contributed by atoms with E-state index >= 15 is 0 Å². The fourth-order valence-corrected chi connectivity index (χ4v) is 2.98. The van der Waals surface area contributed by atoms with Crippen LogP contribution in [0.25, 0.3) is 10.8 Å². The SMILES string of the molecule is CC(Br)CCOc1ccc2ccc(OC(C)CCBr)cc2c1. The molecule has 0 bridgehead atoms. The second kappa shape index (κ2) is 8.78. The lowest BCUT2D eigenvalue weighted by Crippen LogP contribution is -2.11. The topological polar surface area (TPSA) is 18.5 Å². The van der Waals surface area contributed by atoms with Crippen molar-refractivity contribution in [1.82, 2.24) is 0 Å². The second-order valence-corrected chi connectivity index (χ2v) is 7.85. The molecule has 0 saturated heterocycles. The van der Waals surface area contributed by atoms with Gasteiger partial charge in [-0.2, -0.15) is 0 Å². The number of hydrogen-bond donors (Lipinski definition) is 0. The van der Waals surface area contributed by atoms with Crippen LogP contribution < -0.4 is 9.47 Å². The van der Waals surface area contributed by atoms with Gasteiger partial charge in [0.15, 0.2) is 0 Å². The van der Waals surface area contributed by atoms with Crippen LogP contribution in [0.5, 0.6) is 11.5 Å². The van der Waals surface area contributed by atoms with E-state index in [1.165, 1.54) is 5.39 Å². The van der Waals surface area contributed by atoms with Gasteiger partial charge in [0, 0.05) is 10.2 Å². The third-order valence-electron chi connectivity index (χ3n) is 3.42. The number of halogens is 2. The lowest BCUT2D eigenvalue weighted by atomic mass is 10.1. The standard InChI is InChI=1S/C18H22Br2O2/c1-13(20)8-10-21-17-5-3-15-4-6-18(12-16(15)11-17)22-14(2)7-9-19/h3-6,11-14H,7-10H2,1-2H3. The van der Waals surface area contributed by atoms with E-state index in [9.17, 15) is 0 Å². The Morgan fingerprint density at radius 1 is 0.955 bits per heavy atom. The van der Waals surface area contributed by atoms with Gasteiger partial charge in [-0.25, -0.2) is 0 Å². The van der Waals surface area contributed by atoms with Gasteiger partial charge in [-0.05, 0) is 54.8 Å². The maximum Gasteiger partial charge on any atom is 0.120 e. The highest BCUT2D eigenvalue weighted by atomic mass is 79.9. The first-order chi connectivity index (χ1) is 10.6. The quantitative estimate of drug-likeness (QED) is 0.483. The Bertz CT molecular complexity index is 599. The largest absolute Gasteiger partial charge is 0.494 e. The van der Waals surface area contributed by atoms with Crippen molar-refractivity contribution in [3.05, 3.63) is 36.4 Å². The first-order valence-corrected chi connectivity index (χ1v) is 9.65. The molecule has 4 heteroatoms. The molecule has 0 saturated carbocycles. The van der Waals surface area contributed by atoms with E-state index in [1.54, 1.807) is 0 Å². The fourth-order valence-electron chi connectivity index (χ4n) is 2.15. The van der Waals surface area contributed by atoms with Crippen LogP contribution in [0, 0.1) is 0 Å². The molecule has 0 amide bonds. The van der Waals surface area contributed by atoms with Gasteiger partial charge in [0.05, 0.1) is 12.7 Å². The zero-order valence-corrected chi connectivity index (χ0v) is 16.2. The Morgan fingerprint density at radius 3 is 2.32 bits per heavy atom. The molecule has 0 aliphatic heterocycles. The molecular formula is C18H22Br2O2. The van der Waals surface area contributed by atoms with Crippen LogP contribution in [-0.2, 0) is 0 Å². The van der Waals surface area contributed by atoms with Crippen LogP contribution in [-0.4, -0.2) is 22.9 Å². The summed E-state index contributed by atoms with van der Waals surface area (Å²) in [6, 6.07) is 12.4. The monoisotopic (exact) mass is 428 g/mol. The van der Waals surface area contributed by atoms with Gasteiger partial charge in [0.25, 0.3) is 0 Å². The molecular weight excluding hydrogens is 408 g/mol. The maximum absolute atomic E-state index is 5.94. The summed E-state index contributed by atoms with van der Waals surface area (Å²) in [5.74, 6) is 1.82. The lowest BCUT2D eigenvalue weighted by Gasteiger charge is -2.14. The van der Waals surface area contributed by atoms with Crippen molar-refractivity contribution >= 4 is 42.6 Å². The molecule has 0 aliphatic rings. The Kier molecular flexibility index (Phi) is 7.03. The van der Waals surface area contributed by atoms with Crippen LogP contribution in [0.2, 0.25) is 0 Å². The maximum atomic E-state index is 5.94. The molecule has 0 aliphatic carbocycles. The van der Waals surface area contributed by atoms with Crippen molar-refractivity contribution in [2.75, 3.05) is 11.9 Å². The van der Waals surface area contributed by atoms with Crippen LogP contribution >= 0.6 is 31.9 Å². The van der Waals surface area contributed by atoms with E-state index in [0.717, 1.165) is 41.7 Å². The van der Waals surface area contributed by atoms with Gasteiger partial charge < -0.3 is 9.47 Å². The van der Waals surface area contributed by atoms with Gasteiger partial charge in [-0.3, -0.25) is 0 Å². The molecule has 2 rings (SSSR count). The lowest BCUT2D eigenvalue weighted by molar-refractivity contribution is 0.219. The molecule has 0 N–H and O–H groups in total. The van der Waals surface area contributed by atoms with Gasteiger partial charge >= 0.3 is 0 Å². The Labute approximate surface area is 149 Å². The Balaban J connectivity index is 2.08. The van der Waals surface area contributed by atoms with E-state index in [4.69, 9.17) is 9.47 Å². The Morgan fingerprint density at radius 2 is 1.64 bits per heavy atom. The minimum atomic E-state index is 0.205. The van der Waals surface area contributed by atoms with Crippen LogP contribution in [0.3, 0.4) is 0 Å². The molecule has 0 radical (unpaired) electrons. The molecule has 2 aromatic carbocycles. The predicted octanol–water partition coefficient (Wildman–Crippen LogP) is 5.94. The number of rotatable bonds is 8. The molecule has 0 spiro atoms. The van der Waals surface area contributed by atoms with Crippen LogP contribution in [0.4, 0.5) is 0 Å². The molecule has 22 heavy (non-hydrogen) atoms. The van der Waals surface area contributed by atoms with Crippen LogP contribution in [0.15, 0.2) is 36.4 Å². The normalized spacial score (nSPS) is 13.8. The molecule has 0 fully saturated rings. The number of benzene rings is 2. The van der Waals surface area contributed by atoms with Crippen molar-refractivity contribution in [1.29, 1.82) is 0 Å². The summed E-state index contributed by atoms with van der Waals surface area (Å²) in [6.07, 6.45) is 2.19. The molecule has 2 nitrogen and oxygen atoms in total. The Hall–Kier alpha value is -0.740. The molecule has 2 atom stereocenters. The first-order valence-electron chi connectivity index (χ1n) is 7.62. The zero-order valence-electron chi connectivity index (χ0n) is 13.0. The summed E-state index contributed by atoms with van der Waals surface area (Å²) < 4.78 is 11.7. The van der Waals surface area contributed by atoms with Gasteiger partial charge in [-0.15, -0.1) is 0 Å². The van der Waals surface area contributed by atoms with Gasteiger partial charge in [0.2, 0.25) is 0 Å². The molecule has 2 aromatic rings. The first kappa shape index (κ1) is 17.6. The highest BCUT2D eigenvalue weighted by molar-refractivity contribution is 9.09. The van der Waals surface area contributed by atoms with Gasteiger partial charge in [0.1, 0.15) is 11.5 Å². The average molecular weight is 430 g/mol. The number of hydrogen-bond acceptors (Lipinski definition) is 2. The summed E-state index contributed by atoms with van der Waals surface area (Å²) >= 11 is 6.98. The minimum Gasteiger partial charge on any atom is -0.494 e. The molecule has 0 heterocycles. The average Bonchev–Trinajstić information content (AvgIpc) is 2.46. The summed E-state index contributed by atoms with van der Waals surface area (Å²) in [6.45, 7) is 4.93. The van der Waals surface area contributed by atoms with E-state index in [1.807, 2.05) is 12.1 Å². The van der Waals surface area contributed by atoms with E-state index in [0.29, 0.717) is 4.83 Å². The number of fused-ring (bicyclic) bond motifs is 1. The summed E-state index contributed by atoms with van der Waals surface area (Å²) in [7, 11) is 0. The molecule has 120 valence electrons. The van der Waals surface area contributed by atoms with E-state index < -0.39 is 0 Å². The van der Waals surface area contributed by atoms with Gasteiger partial charge in [-0.1, -0.05) is 50.9 Å². The number of ether oxygens (including phenoxy) is 2. The van der Waals surface area contributed by atoms with E-state index in [-0.39, 0.29) is 6.10 Å². The number of alkyl halides is 2. The second-order valence-electron chi connectivity index (χ2n) is 5.49. The third kappa shape index (κ3) is 5.47. The highest BCUT2D eigenvalue weighted by Gasteiger charge is 2.05. The summed E-state index contributed by atoms with van der Waals surface area (Å²) in [5, 5.41) is 3.29. The molecule has 0 aromatic heterocycles. The zero-order chi connectivity index (χ0) is 15.9. The van der Waals surface area contributed by atoms with Crippen molar-refractivity contribution in [3.8, 4) is 11.5 Å².